The standard InChI is InChI=1S/C26H21ClN2O5/c1-3-34-17-11-8-15(9-12-17)22-23(29-24(30)18-6-4-5-7-19(18)25(29)31)26(32)28(22)16-10-13-21(33-2)20(27)14-16/h4-14,22-23H,3H2,1-2H3/t22-,23-/m1/s1. The van der Waals surface area contributed by atoms with E-state index in [9.17, 15) is 14.4 Å². The summed E-state index contributed by atoms with van der Waals surface area (Å²) in [5.41, 5.74) is 1.91. The molecule has 3 aromatic rings. The van der Waals surface area contributed by atoms with Crippen molar-refractivity contribution in [2.45, 2.75) is 19.0 Å². The van der Waals surface area contributed by atoms with Crippen LogP contribution in [-0.4, -0.2) is 42.4 Å². The van der Waals surface area contributed by atoms with Crippen molar-refractivity contribution in [2.24, 2.45) is 0 Å². The van der Waals surface area contributed by atoms with Crippen LogP contribution in [0.15, 0.2) is 66.7 Å². The monoisotopic (exact) mass is 476 g/mol. The number of imide groups is 1. The van der Waals surface area contributed by atoms with E-state index in [1.807, 2.05) is 19.1 Å². The van der Waals surface area contributed by atoms with Crippen molar-refractivity contribution >= 4 is 35.0 Å². The molecule has 1 saturated heterocycles. The summed E-state index contributed by atoms with van der Waals surface area (Å²) in [5.74, 6) is -0.139. The van der Waals surface area contributed by atoms with Crippen LogP contribution in [0.3, 0.4) is 0 Å². The van der Waals surface area contributed by atoms with Crippen LogP contribution in [0.1, 0.15) is 39.2 Å². The first-order valence-electron chi connectivity index (χ1n) is 10.8. The van der Waals surface area contributed by atoms with E-state index >= 15 is 0 Å². The van der Waals surface area contributed by atoms with Crippen molar-refractivity contribution in [2.75, 3.05) is 18.6 Å². The molecular formula is C26H21ClN2O5. The number of hydrogen-bond acceptors (Lipinski definition) is 5. The lowest BCUT2D eigenvalue weighted by molar-refractivity contribution is -0.130. The van der Waals surface area contributed by atoms with Crippen molar-refractivity contribution < 1.29 is 23.9 Å². The van der Waals surface area contributed by atoms with Gasteiger partial charge in [-0.2, -0.15) is 0 Å². The molecule has 3 aromatic carbocycles. The third kappa shape index (κ3) is 3.31. The quantitative estimate of drug-likeness (QED) is 0.387. The van der Waals surface area contributed by atoms with Gasteiger partial charge in [-0.3, -0.25) is 19.3 Å². The highest BCUT2D eigenvalue weighted by Crippen LogP contribution is 2.45. The van der Waals surface area contributed by atoms with Crippen molar-refractivity contribution in [3.8, 4) is 11.5 Å². The van der Waals surface area contributed by atoms with Gasteiger partial charge in [0.25, 0.3) is 17.7 Å². The number of amides is 3. The predicted octanol–water partition coefficient (Wildman–Crippen LogP) is 4.50. The lowest BCUT2D eigenvalue weighted by Crippen LogP contribution is -2.67. The Hall–Kier alpha value is -3.84. The van der Waals surface area contributed by atoms with Crippen LogP contribution in [0.4, 0.5) is 5.69 Å². The van der Waals surface area contributed by atoms with Gasteiger partial charge in [0, 0.05) is 5.69 Å². The summed E-state index contributed by atoms with van der Waals surface area (Å²) in [6, 6.07) is 17.4. The molecule has 0 aliphatic carbocycles. The Bertz CT molecular complexity index is 1270. The Morgan fingerprint density at radius 2 is 1.50 bits per heavy atom. The van der Waals surface area contributed by atoms with E-state index in [2.05, 4.69) is 0 Å². The van der Waals surface area contributed by atoms with Gasteiger partial charge in [0.05, 0.1) is 35.9 Å². The van der Waals surface area contributed by atoms with Crippen LogP contribution in [0.25, 0.3) is 0 Å². The summed E-state index contributed by atoms with van der Waals surface area (Å²) < 4.78 is 10.8. The zero-order valence-electron chi connectivity index (χ0n) is 18.5. The number of carbonyl (C=O) groups excluding carboxylic acids is 3. The average molecular weight is 477 g/mol. The number of methoxy groups -OCH3 is 1. The second-order valence-electron chi connectivity index (χ2n) is 7.94. The van der Waals surface area contributed by atoms with E-state index in [4.69, 9.17) is 21.1 Å². The van der Waals surface area contributed by atoms with Gasteiger partial charge in [0.2, 0.25) is 0 Å². The van der Waals surface area contributed by atoms with Crippen molar-refractivity contribution in [3.63, 3.8) is 0 Å². The second-order valence-corrected chi connectivity index (χ2v) is 8.35. The maximum absolute atomic E-state index is 13.5. The third-order valence-electron chi connectivity index (χ3n) is 6.12. The number of carbonyl (C=O) groups is 3. The predicted molar refractivity (Wildman–Crippen MR) is 127 cm³/mol. The first-order valence-corrected chi connectivity index (χ1v) is 11.2. The highest BCUT2D eigenvalue weighted by atomic mass is 35.5. The molecule has 8 heteroatoms. The fourth-order valence-corrected chi connectivity index (χ4v) is 4.79. The first-order chi connectivity index (χ1) is 16.5. The molecule has 1 fully saturated rings. The van der Waals surface area contributed by atoms with Crippen LogP contribution in [0, 0.1) is 0 Å². The Kier molecular flexibility index (Phi) is 5.49. The molecule has 0 bridgehead atoms. The van der Waals surface area contributed by atoms with Gasteiger partial charge in [-0.1, -0.05) is 35.9 Å². The van der Waals surface area contributed by atoms with E-state index in [-0.39, 0.29) is 5.91 Å². The summed E-state index contributed by atoms with van der Waals surface area (Å²) >= 11 is 6.32. The van der Waals surface area contributed by atoms with Crippen molar-refractivity contribution in [1.82, 2.24) is 4.90 Å². The summed E-state index contributed by atoms with van der Waals surface area (Å²) in [5, 5.41) is 0.349. The first kappa shape index (κ1) is 22.0. The highest BCUT2D eigenvalue weighted by molar-refractivity contribution is 6.32. The Morgan fingerprint density at radius 1 is 0.853 bits per heavy atom. The highest BCUT2D eigenvalue weighted by Gasteiger charge is 2.57. The van der Waals surface area contributed by atoms with Gasteiger partial charge in [-0.25, -0.2) is 0 Å². The Morgan fingerprint density at radius 3 is 2.06 bits per heavy atom. The lowest BCUT2D eigenvalue weighted by atomic mass is 9.86. The SMILES string of the molecule is CCOc1ccc([C@@H]2[C@@H](N3C(=O)c4ccccc4C3=O)C(=O)N2c2ccc(OC)c(Cl)c2)cc1. The molecule has 2 aliphatic rings. The second kappa shape index (κ2) is 8.50. The van der Waals surface area contributed by atoms with Crippen molar-refractivity contribution in [1.29, 1.82) is 0 Å². The van der Waals surface area contributed by atoms with Crippen molar-refractivity contribution in [3.05, 3.63) is 88.4 Å². The fourth-order valence-electron chi connectivity index (χ4n) is 4.54. The molecule has 34 heavy (non-hydrogen) atoms. The van der Waals surface area contributed by atoms with E-state index in [1.54, 1.807) is 59.5 Å². The summed E-state index contributed by atoms with van der Waals surface area (Å²) in [4.78, 5) is 42.4. The van der Waals surface area contributed by atoms with E-state index in [0.29, 0.717) is 39.9 Å². The van der Waals surface area contributed by atoms with Gasteiger partial charge in [0.1, 0.15) is 17.5 Å². The van der Waals surface area contributed by atoms with Gasteiger partial charge >= 0.3 is 0 Å². The smallest absolute Gasteiger partial charge is 0.262 e. The maximum Gasteiger partial charge on any atom is 0.262 e. The molecular weight excluding hydrogens is 456 g/mol. The molecule has 0 radical (unpaired) electrons. The summed E-state index contributed by atoms with van der Waals surface area (Å²) in [7, 11) is 1.51. The largest absolute Gasteiger partial charge is 0.495 e. The topological polar surface area (TPSA) is 76.2 Å². The van der Waals surface area contributed by atoms with Crippen LogP contribution in [0.5, 0.6) is 11.5 Å². The van der Waals surface area contributed by atoms with Gasteiger partial charge in [0.15, 0.2) is 0 Å². The zero-order valence-corrected chi connectivity index (χ0v) is 19.3. The number of halogens is 1. The summed E-state index contributed by atoms with van der Waals surface area (Å²) in [6.45, 7) is 2.42. The van der Waals surface area contributed by atoms with Gasteiger partial charge < -0.3 is 14.4 Å². The van der Waals surface area contributed by atoms with Gasteiger partial charge in [-0.05, 0) is 55.0 Å². The van der Waals surface area contributed by atoms with E-state index < -0.39 is 23.9 Å². The molecule has 0 spiro atoms. The molecule has 0 aromatic heterocycles. The van der Waals surface area contributed by atoms with Gasteiger partial charge in [-0.15, -0.1) is 0 Å². The molecule has 7 nitrogen and oxygen atoms in total. The normalized spacial score (nSPS) is 19.2. The average Bonchev–Trinajstić information content (AvgIpc) is 3.09. The molecule has 2 atom stereocenters. The third-order valence-corrected chi connectivity index (χ3v) is 6.41. The Labute approximate surface area is 201 Å². The van der Waals surface area contributed by atoms with Crippen LogP contribution in [0.2, 0.25) is 5.02 Å². The van der Waals surface area contributed by atoms with E-state index in [1.165, 1.54) is 7.11 Å². The Balaban J connectivity index is 1.56. The molecule has 172 valence electrons. The zero-order chi connectivity index (χ0) is 24.0. The summed E-state index contributed by atoms with van der Waals surface area (Å²) in [6.07, 6.45) is 0. The molecule has 5 rings (SSSR count). The molecule has 0 unspecified atom stereocenters. The molecule has 0 saturated carbocycles. The van der Waals surface area contributed by atoms with E-state index in [0.717, 1.165) is 10.5 Å². The number of rotatable bonds is 6. The minimum absolute atomic E-state index is 0.302. The number of β-lactam (4-membered cyclic amide) rings is 1. The maximum atomic E-state index is 13.5. The number of nitrogens with zero attached hydrogens (tertiary/aromatic N) is 2. The molecule has 2 heterocycles. The number of hydrogen-bond donors (Lipinski definition) is 0. The number of anilines is 1. The number of benzene rings is 3. The molecule has 0 N–H and O–H groups in total. The lowest BCUT2D eigenvalue weighted by Gasteiger charge is -2.49. The molecule has 3 amide bonds. The van der Waals surface area contributed by atoms with Crippen LogP contribution in [-0.2, 0) is 4.79 Å². The number of ether oxygens (including phenoxy) is 2. The minimum Gasteiger partial charge on any atom is -0.495 e. The molecule has 2 aliphatic heterocycles. The number of fused-ring (bicyclic) bond motifs is 1. The van der Waals surface area contributed by atoms with Crippen LogP contribution >= 0.6 is 11.6 Å². The van der Waals surface area contributed by atoms with Crippen LogP contribution < -0.4 is 14.4 Å². The minimum atomic E-state index is -0.980. The fraction of sp³-hybridized carbons (Fsp3) is 0.192.